The molecular formula is C23H26N2O4. The Morgan fingerprint density at radius 1 is 1.10 bits per heavy atom. The van der Waals surface area contributed by atoms with Gasteiger partial charge in [-0.1, -0.05) is 31.1 Å². The Hall–Kier alpha value is -3.15. The number of esters is 1. The molecule has 0 saturated heterocycles. The molecular weight excluding hydrogens is 368 g/mol. The van der Waals surface area contributed by atoms with E-state index in [0.717, 1.165) is 17.1 Å². The number of aromatic nitrogens is 2. The van der Waals surface area contributed by atoms with E-state index in [0.29, 0.717) is 22.9 Å². The molecule has 6 nitrogen and oxygen atoms in total. The summed E-state index contributed by atoms with van der Waals surface area (Å²) in [6, 6.07) is 10.2. The summed E-state index contributed by atoms with van der Waals surface area (Å²) in [6.07, 6.45) is 0. The Balaban J connectivity index is 1.78. The second-order valence-electron chi connectivity index (χ2n) is 7.56. The van der Waals surface area contributed by atoms with Gasteiger partial charge >= 0.3 is 5.97 Å². The number of nitrogens with zero attached hydrogens (tertiary/aromatic N) is 2. The molecule has 0 fully saturated rings. The zero-order valence-electron chi connectivity index (χ0n) is 17.7. The van der Waals surface area contributed by atoms with Crippen LogP contribution in [0.5, 0.6) is 0 Å². The first-order chi connectivity index (χ1) is 13.7. The number of ether oxygens (including phenoxy) is 1. The lowest BCUT2D eigenvalue weighted by molar-refractivity contribution is 0.0472. The average Bonchev–Trinajstić information content (AvgIpc) is 3.17. The largest absolute Gasteiger partial charge is 0.454 e. The number of carbonyl (C=O) groups excluding carboxylic acids is 2. The molecule has 0 bridgehead atoms. The van der Waals surface area contributed by atoms with Gasteiger partial charge in [-0.15, -0.1) is 0 Å². The Labute approximate surface area is 170 Å². The highest BCUT2D eigenvalue weighted by atomic mass is 16.5. The fourth-order valence-electron chi connectivity index (χ4n) is 3.51. The molecule has 2 heterocycles. The summed E-state index contributed by atoms with van der Waals surface area (Å²) in [4.78, 5) is 25.0. The van der Waals surface area contributed by atoms with Gasteiger partial charge in [-0.25, -0.2) is 4.79 Å². The van der Waals surface area contributed by atoms with E-state index >= 15 is 0 Å². The number of hydrogen-bond acceptors (Lipinski definition) is 5. The lowest BCUT2D eigenvalue weighted by atomic mass is 10.0. The van der Waals surface area contributed by atoms with E-state index in [-0.39, 0.29) is 18.0 Å². The summed E-state index contributed by atoms with van der Waals surface area (Å²) < 4.78 is 12.2. The van der Waals surface area contributed by atoms with Crippen molar-refractivity contribution >= 4 is 11.8 Å². The Morgan fingerprint density at radius 3 is 2.31 bits per heavy atom. The summed E-state index contributed by atoms with van der Waals surface area (Å²) in [5, 5.41) is 3.74. The number of rotatable bonds is 6. The predicted molar refractivity (Wildman–Crippen MR) is 110 cm³/mol. The summed E-state index contributed by atoms with van der Waals surface area (Å²) >= 11 is 0. The number of ketones is 1. The molecule has 0 N–H and O–H groups in total. The number of benzene rings is 1. The first-order valence-corrected chi connectivity index (χ1v) is 9.63. The van der Waals surface area contributed by atoms with Crippen LogP contribution < -0.4 is 0 Å². The maximum Gasteiger partial charge on any atom is 0.344 e. The standard InChI is InChI=1S/C23H26N2O4/c1-13(2)18-7-9-19(10-8-18)25-14(3)11-20(16(25)5)21(26)12-28-23(27)22-15(4)24-29-17(22)6/h7-11,13H,12H2,1-6H3. The van der Waals surface area contributed by atoms with Crippen molar-refractivity contribution in [3.05, 3.63) is 69.9 Å². The molecule has 0 atom stereocenters. The zero-order valence-corrected chi connectivity index (χ0v) is 17.7. The van der Waals surface area contributed by atoms with Crippen LogP contribution in [0, 0.1) is 27.7 Å². The molecule has 152 valence electrons. The molecule has 0 aliphatic carbocycles. The maximum absolute atomic E-state index is 12.7. The topological polar surface area (TPSA) is 74.3 Å². The summed E-state index contributed by atoms with van der Waals surface area (Å²) in [6.45, 7) is 11.1. The minimum absolute atomic E-state index is 0.247. The monoisotopic (exact) mass is 394 g/mol. The van der Waals surface area contributed by atoms with Crippen LogP contribution in [0.3, 0.4) is 0 Å². The maximum atomic E-state index is 12.7. The van der Waals surface area contributed by atoms with Crippen molar-refractivity contribution in [3.63, 3.8) is 0 Å². The highest BCUT2D eigenvalue weighted by molar-refractivity contribution is 6.01. The molecule has 0 spiro atoms. The fourth-order valence-corrected chi connectivity index (χ4v) is 3.51. The van der Waals surface area contributed by atoms with Crippen LogP contribution in [0.4, 0.5) is 0 Å². The molecule has 0 unspecified atom stereocenters. The van der Waals surface area contributed by atoms with E-state index in [1.807, 2.05) is 24.5 Å². The van der Waals surface area contributed by atoms with Crippen molar-refractivity contribution in [2.75, 3.05) is 6.61 Å². The van der Waals surface area contributed by atoms with Crippen molar-refractivity contribution < 1.29 is 18.8 Å². The van der Waals surface area contributed by atoms with E-state index in [9.17, 15) is 9.59 Å². The van der Waals surface area contributed by atoms with Gasteiger partial charge in [0.2, 0.25) is 5.78 Å². The summed E-state index contributed by atoms with van der Waals surface area (Å²) in [5.41, 5.74) is 5.28. The average molecular weight is 394 g/mol. The van der Waals surface area contributed by atoms with E-state index in [1.54, 1.807) is 13.8 Å². The number of Topliss-reactive ketones (excluding diaryl/α,β-unsaturated/α-hetero) is 1. The smallest absolute Gasteiger partial charge is 0.344 e. The summed E-state index contributed by atoms with van der Waals surface area (Å²) in [7, 11) is 0. The van der Waals surface area contributed by atoms with Gasteiger partial charge in [0.15, 0.2) is 6.61 Å². The molecule has 0 saturated carbocycles. The zero-order chi connectivity index (χ0) is 21.3. The van der Waals surface area contributed by atoms with Gasteiger partial charge in [-0.3, -0.25) is 4.79 Å². The van der Waals surface area contributed by atoms with Crippen LogP contribution in [0.25, 0.3) is 5.69 Å². The van der Waals surface area contributed by atoms with E-state index in [4.69, 9.17) is 9.26 Å². The van der Waals surface area contributed by atoms with Crippen LogP contribution in [-0.2, 0) is 4.74 Å². The second-order valence-corrected chi connectivity index (χ2v) is 7.56. The minimum atomic E-state index is -0.604. The lowest BCUT2D eigenvalue weighted by Crippen LogP contribution is -2.16. The number of aryl methyl sites for hydroxylation is 3. The van der Waals surface area contributed by atoms with E-state index < -0.39 is 5.97 Å². The van der Waals surface area contributed by atoms with Crippen molar-refractivity contribution in [2.24, 2.45) is 0 Å². The van der Waals surface area contributed by atoms with Gasteiger partial charge in [0.1, 0.15) is 11.3 Å². The predicted octanol–water partition coefficient (Wildman–Crippen LogP) is 4.86. The van der Waals surface area contributed by atoms with Crippen LogP contribution in [-0.4, -0.2) is 28.1 Å². The van der Waals surface area contributed by atoms with Crippen LogP contribution in [0.2, 0.25) is 0 Å². The van der Waals surface area contributed by atoms with Crippen molar-refractivity contribution in [3.8, 4) is 5.69 Å². The SMILES string of the molecule is Cc1noc(C)c1C(=O)OCC(=O)c1cc(C)n(-c2ccc(C(C)C)cc2)c1C. The number of hydrogen-bond donors (Lipinski definition) is 0. The van der Waals surface area contributed by atoms with E-state index in [2.05, 4.69) is 43.3 Å². The Kier molecular flexibility index (Phi) is 5.73. The van der Waals surface area contributed by atoms with E-state index in [1.165, 1.54) is 5.56 Å². The summed E-state index contributed by atoms with van der Waals surface area (Å²) in [5.74, 6) is -0.0145. The molecule has 3 rings (SSSR count). The van der Waals surface area contributed by atoms with Crippen molar-refractivity contribution in [2.45, 2.75) is 47.5 Å². The molecule has 0 amide bonds. The van der Waals surface area contributed by atoms with Gasteiger partial charge in [-0.05, 0) is 57.4 Å². The molecule has 6 heteroatoms. The van der Waals surface area contributed by atoms with Crippen molar-refractivity contribution in [1.29, 1.82) is 0 Å². The highest BCUT2D eigenvalue weighted by Gasteiger charge is 2.22. The first kappa shape index (κ1) is 20.6. The third kappa shape index (κ3) is 4.01. The van der Waals surface area contributed by atoms with Gasteiger partial charge in [-0.2, -0.15) is 0 Å². The molecule has 0 aliphatic heterocycles. The van der Waals surface area contributed by atoms with Gasteiger partial charge < -0.3 is 13.8 Å². The molecule has 0 radical (unpaired) electrons. The Morgan fingerprint density at radius 2 is 1.76 bits per heavy atom. The molecule has 2 aromatic heterocycles. The molecule has 3 aromatic rings. The highest BCUT2D eigenvalue weighted by Crippen LogP contribution is 2.23. The lowest BCUT2D eigenvalue weighted by Gasteiger charge is -2.12. The minimum Gasteiger partial charge on any atom is -0.454 e. The normalized spacial score (nSPS) is 11.1. The van der Waals surface area contributed by atoms with Gasteiger partial charge in [0.25, 0.3) is 0 Å². The molecule has 29 heavy (non-hydrogen) atoms. The quantitative estimate of drug-likeness (QED) is 0.441. The molecule has 1 aromatic carbocycles. The molecule has 0 aliphatic rings. The van der Waals surface area contributed by atoms with Crippen LogP contribution in [0.1, 0.15) is 68.9 Å². The second kappa shape index (κ2) is 8.07. The number of carbonyl (C=O) groups is 2. The third-order valence-electron chi connectivity index (χ3n) is 5.12. The fraction of sp³-hybridized carbons (Fsp3) is 0.348. The van der Waals surface area contributed by atoms with Crippen molar-refractivity contribution in [1.82, 2.24) is 9.72 Å². The third-order valence-corrected chi connectivity index (χ3v) is 5.12. The van der Waals surface area contributed by atoms with Crippen LogP contribution in [0.15, 0.2) is 34.9 Å². The van der Waals surface area contributed by atoms with Gasteiger partial charge in [0.05, 0.1) is 5.69 Å². The first-order valence-electron chi connectivity index (χ1n) is 9.63. The Bertz CT molecular complexity index is 1040. The van der Waals surface area contributed by atoms with Crippen LogP contribution >= 0.6 is 0 Å². The van der Waals surface area contributed by atoms with Gasteiger partial charge in [0, 0.05) is 22.6 Å².